The molecule has 0 radical (unpaired) electrons. The van der Waals surface area contributed by atoms with Crippen molar-refractivity contribution in [3.8, 4) is 11.6 Å². The van der Waals surface area contributed by atoms with Gasteiger partial charge in [-0.1, -0.05) is 12.1 Å². The first-order chi connectivity index (χ1) is 9.10. The molecule has 0 amide bonds. The Morgan fingerprint density at radius 2 is 1.95 bits per heavy atom. The van der Waals surface area contributed by atoms with Crippen LogP contribution < -0.4 is 16.0 Å². The van der Waals surface area contributed by atoms with E-state index < -0.39 is 11.2 Å². The molecule has 0 aliphatic rings. The lowest BCUT2D eigenvalue weighted by Crippen LogP contribution is -2.29. The number of aromatic hydroxyl groups is 1. The van der Waals surface area contributed by atoms with E-state index in [1.54, 1.807) is 7.11 Å². The lowest BCUT2D eigenvalue weighted by Gasteiger charge is -2.07. The average Bonchev–Trinajstić information content (AvgIpc) is 2.38. The van der Waals surface area contributed by atoms with Crippen LogP contribution in [0.2, 0.25) is 0 Å². The number of aromatic amines is 1. The quantitative estimate of drug-likeness (QED) is 0.840. The number of hydrogen-bond donors (Lipinski definition) is 2. The zero-order chi connectivity index (χ0) is 13.8. The minimum absolute atomic E-state index is 0.285. The third-order valence-electron chi connectivity index (χ3n) is 2.80. The molecule has 0 bridgehead atoms. The van der Waals surface area contributed by atoms with Gasteiger partial charge < -0.3 is 9.84 Å². The Bertz CT molecular complexity index is 670. The van der Waals surface area contributed by atoms with Crippen molar-refractivity contribution < 1.29 is 9.84 Å². The summed E-state index contributed by atoms with van der Waals surface area (Å²) in [5, 5.41) is 9.56. The van der Waals surface area contributed by atoms with Crippen LogP contribution in [-0.2, 0) is 13.0 Å². The molecule has 0 saturated carbocycles. The van der Waals surface area contributed by atoms with Crippen molar-refractivity contribution in [2.75, 3.05) is 7.11 Å². The first-order valence-electron chi connectivity index (χ1n) is 5.76. The summed E-state index contributed by atoms with van der Waals surface area (Å²) in [5.74, 6) is 0.426. The summed E-state index contributed by atoms with van der Waals surface area (Å²) in [6.45, 7) is 0.285. The smallest absolute Gasteiger partial charge is 0.331 e. The standard InChI is InChI=1S/C13H14N2O4/c1-19-10-4-2-9(3-5-10)6-7-15-12(17)8-11(16)14-13(15)18/h2-5,8,17H,6-7H2,1H3,(H,14,16,18). The Kier molecular flexibility index (Phi) is 3.70. The maximum atomic E-state index is 11.5. The van der Waals surface area contributed by atoms with Gasteiger partial charge in [0.1, 0.15) is 5.75 Å². The normalized spacial score (nSPS) is 10.4. The van der Waals surface area contributed by atoms with Crippen LogP contribution in [0.25, 0.3) is 0 Å². The SMILES string of the molecule is COc1ccc(CCn2c(O)cc(=O)[nH]c2=O)cc1. The van der Waals surface area contributed by atoms with Gasteiger partial charge in [0.2, 0.25) is 5.88 Å². The molecule has 2 rings (SSSR count). The first-order valence-corrected chi connectivity index (χ1v) is 5.76. The average molecular weight is 262 g/mol. The molecule has 2 aromatic rings. The van der Waals surface area contributed by atoms with Crippen LogP contribution in [0, 0.1) is 0 Å². The molecule has 100 valence electrons. The Hall–Kier alpha value is -2.50. The summed E-state index contributed by atoms with van der Waals surface area (Å²) in [6.07, 6.45) is 0.559. The Morgan fingerprint density at radius 1 is 1.26 bits per heavy atom. The molecule has 0 atom stereocenters. The maximum absolute atomic E-state index is 11.5. The number of aromatic nitrogens is 2. The van der Waals surface area contributed by atoms with Crippen molar-refractivity contribution in [3.05, 3.63) is 56.7 Å². The van der Waals surface area contributed by atoms with E-state index in [0.717, 1.165) is 21.9 Å². The van der Waals surface area contributed by atoms with Crippen molar-refractivity contribution in [1.29, 1.82) is 0 Å². The molecule has 6 nitrogen and oxygen atoms in total. The van der Waals surface area contributed by atoms with E-state index in [1.165, 1.54) is 0 Å². The number of rotatable bonds is 4. The van der Waals surface area contributed by atoms with Gasteiger partial charge in [0.25, 0.3) is 5.56 Å². The number of methoxy groups -OCH3 is 1. The van der Waals surface area contributed by atoms with Crippen molar-refractivity contribution >= 4 is 0 Å². The van der Waals surface area contributed by atoms with E-state index in [9.17, 15) is 14.7 Å². The second-order valence-electron chi connectivity index (χ2n) is 4.05. The lowest BCUT2D eigenvalue weighted by atomic mass is 10.1. The van der Waals surface area contributed by atoms with Crippen molar-refractivity contribution in [3.63, 3.8) is 0 Å². The fraction of sp³-hybridized carbons (Fsp3) is 0.231. The third-order valence-corrected chi connectivity index (χ3v) is 2.80. The molecule has 0 saturated heterocycles. The zero-order valence-electron chi connectivity index (χ0n) is 10.4. The van der Waals surface area contributed by atoms with Gasteiger partial charge in [0, 0.05) is 6.54 Å². The van der Waals surface area contributed by atoms with Crippen LogP contribution in [-0.4, -0.2) is 21.8 Å². The predicted molar refractivity (Wildman–Crippen MR) is 69.7 cm³/mol. The van der Waals surface area contributed by atoms with Gasteiger partial charge in [0.15, 0.2) is 0 Å². The van der Waals surface area contributed by atoms with Gasteiger partial charge in [-0.05, 0) is 24.1 Å². The minimum atomic E-state index is -0.612. The highest BCUT2D eigenvalue weighted by Crippen LogP contribution is 2.12. The molecular weight excluding hydrogens is 248 g/mol. The number of benzene rings is 1. The van der Waals surface area contributed by atoms with E-state index >= 15 is 0 Å². The molecule has 1 heterocycles. The van der Waals surface area contributed by atoms with Crippen LogP contribution in [0.3, 0.4) is 0 Å². The number of hydrogen-bond acceptors (Lipinski definition) is 4. The molecule has 1 aromatic heterocycles. The van der Waals surface area contributed by atoms with E-state index in [2.05, 4.69) is 4.98 Å². The largest absolute Gasteiger partial charge is 0.497 e. The third kappa shape index (κ3) is 3.04. The Morgan fingerprint density at radius 3 is 2.53 bits per heavy atom. The topological polar surface area (TPSA) is 84.3 Å². The molecule has 6 heteroatoms. The first kappa shape index (κ1) is 12.9. The van der Waals surface area contributed by atoms with Gasteiger partial charge in [0.05, 0.1) is 13.2 Å². The Balaban J connectivity index is 2.14. The van der Waals surface area contributed by atoms with Crippen molar-refractivity contribution in [2.24, 2.45) is 0 Å². The van der Waals surface area contributed by atoms with Crippen LogP contribution in [0.15, 0.2) is 39.9 Å². The summed E-state index contributed by atoms with van der Waals surface area (Å²) >= 11 is 0. The van der Waals surface area contributed by atoms with Crippen molar-refractivity contribution in [1.82, 2.24) is 9.55 Å². The minimum Gasteiger partial charge on any atom is -0.497 e. The molecule has 0 aliphatic carbocycles. The van der Waals surface area contributed by atoms with Crippen LogP contribution in [0.4, 0.5) is 0 Å². The molecule has 19 heavy (non-hydrogen) atoms. The molecular formula is C13H14N2O4. The fourth-order valence-electron chi connectivity index (χ4n) is 1.76. The number of ether oxygens (including phenoxy) is 1. The van der Waals surface area contributed by atoms with Gasteiger partial charge in [-0.2, -0.15) is 0 Å². The van der Waals surface area contributed by atoms with E-state index in [4.69, 9.17) is 4.74 Å². The zero-order valence-corrected chi connectivity index (χ0v) is 10.4. The molecule has 2 N–H and O–H groups in total. The highest BCUT2D eigenvalue weighted by molar-refractivity contribution is 5.27. The van der Waals surface area contributed by atoms with E-state index in [-0.39, 0.29) is 12.4 Å². The predicted octanol–water partition coefficient (Wildman–Crippen LogP) is 0.493. The molecule has 0 unspecified atom stereocenters. The van der Waals surface area contributed by atoms with Gasteiger partial charge in [-0.15, -0.1) is 0 Å². The molecule has 0 fully saturated rings. The van der Waals surface area contributed by atoms with Gasteiger partial charge in [-0.25, -0.2) is 4.79 Å². The van der Waals surface area contributed by atoms with Crippen LogP contribution in [0.1, 0.15) is 5.56 Å². The number of nitrogens with one attached hydrogen (secondary N) is 1. The number of aryl methyl sites for hydroxylation is 1. The van der Waals surface area contributed by atoms with Gasteiger partial charge >= 0.3 is 5.69 Å². The van der Waals surface area contributed by atoms with E-state index in [0.29, 0.717) is 6.42 Å². The highest BCUT2D eigenvalue weighted by atomic mass is 16.5. The second-order valence-corrected chi connectivity index (χ2v) is 4.05. The summed E-state index contributed by atoms with van der Waals surface area (Å²) in [4.78, 5) is 24.6. The molecule has 1 aromatic carbocycles. The van der Waals surface area contributed by atoms with E-state index in [1.807, 2.05) is 24.3 Å². The van der Waals surface area contributed by atoms with Crippen molar-refractivity contribution in [2.45, 2.75) is 13.0 Å². The highest BCUT2D eigenvalue weighted by Gasteiger charge is 2.04. The lowest BCUT2D eigenvalue weighted by molar-refractivity contribution is 0.400. The van der Waals surface area contributed by atoms with Gasteiger partial charge in [-0.3, -0.25) is 14.3 Å². The maximum Gasteiger partial charge on any atom is 0.331 e. The summed E-state index contributed by atoms with van der Waals surface area (Å²) in [7, 11) is 1.59. The summed E-state index contributed by atoms with van der Waals surface area (Å²) in [6, 6.07) is 8.39. The molecule has 0 spiro atoms. The summed E-state index contributed by atoms with van der Waals surface area (Å²) < 4.78 is 6.17. The number of H-pyrrole nitrogens is 1. The second kappa shape index (κ2) is 5.43. The molecule has 0 aliphatic heterocycles. The fourth-order valence-corrected chi connectivity index (χ4v) is 1.76. The van der Waals surface area contributed by atoms with Crippen LogP contribution in [0.5, 0.6) is 11.6 Å². The monoisotopic (exact) mass is 262 g/mol. The number of nitrogens with zero attached hydrogens (tertiary/aromatic N) is 1. The Labute approximate surface area is 108 Å². The van der Waals surface area contributed by atoms with Crippen LogP contribution >= 0.6 is 0 Å². The summed E-state index contributed by atoms with van der Waals surface area (Å²) in [5.41, 5.74) is -0.222.